The molecule has 2 N–H and O–H groups in total. The normalized spacial score (nSPS) is 11.3. The van der Waals surface area contributed by atoms with Gasteiger partial charge in [0.25, 0.3) is 5.56 Å². The third-order valence-electron chi connectivity index (χ3n) is 2.77. The molecule has 0 aliphatic carbocycles. The average molecular weight is 331 g/mol. The molecule has 0 fully saturated rings. The summed E-state index contributed by atoms with van der Waals surface area (Å²) < 4.78 is 51.7. The van der Waals surface area contributed by atoms with Crippen molar-refractivity contribution >= 4 is 11.6 Å². The van der Waals surface area contributed by atoms with Gasteiger partial charge in [-0.3, -0.25) is 19.1 Å². The Balaban J connectivity index is 2.17. The molecular weight excluding hydrogens is 322 g/mol. The maximum atomic E-state index is 13.1. The molecule has 0 radical (unpaired) electrons. The number of aromatic amines is 1. The van der Waals surface area contributed by atoms with Crippen LogP contribution in [0.1, 0.15) is 5.56 Å². The third kappa shape index (κ3) is 4.05. The fourth-order valence-corrected chi connectivity index (χ4v) is 1.74. The van der Waals surface area contributed by atoms with Gasteiger partial charge in [-0.05, 0) is 18.2 Å². The van der Waals surface area contributed by atoms with Crippen LogP contribution < -0.4 is 16.6 Å². The maximum absolute atomic E-state index is 13.1. The Hall–Kier alpha value is -2.91. The van der Waals surface area contributed by atoms with E-state index in [1.165, 1.54) is 0 Å². The number of carbonyl (C=O) groups excluding carboxylic acids is 1. The highest BCUT2D eigenvalue weighted by atomic mass is 19.4. The highest BCUT2D eigenvalue weighted by Gasteiger charge is 2.34. The Morgan fingerprint density at radius 1 is 1.22 bits per heavy atom. The van der Waals surface area contributed by atoms with Crippen molar-refractivity contribution in [2.75, 3.05) is 5.32 Å². The van der Waals surface area contributed by atoms with Crippen LogP contribution in [0.3, 0.4) is 0 Å². The summed E-state index contributed by atoms with van der Waals surface area (Å²) in [6.07, 6.45) is -3.84. The number of hydrogen-bond acceptors (Lipinski definition) is 3. The topological polar surface area (TPSA) is 84.0 Å². The minimum absolute atomic E-state index is 0.277. The van der Waals surface area contributed by atoms with Crippen molar-refractivity contribution in [3.8, 4) is 0 Å². The number of benzene rings is 1. The Morgan fingerprint density at radius 3 is 2.52 bits per heavy atom. The van der Waals surface area contributed by atoms with E-state index in [-0.39, 0.29) is 5.69 Å². The molecule has 0 atom stereocenters. The van der Waals surface area contributed by atoms with E-state index in [1.807, 2.05) is 4.98 Å². The van der Waals surface area contributed by atoms with Crippen LogP contribution in [0.15, 0.2) is 40.1 Å². The first-order valence-corrected chi connectivity index (χ1v) is 6.13. The van der Waals surface area contributed by atoms with Crippen LogP contribution in [0.5, 0.6) is 0 Å². The lowest BCUT2D eigenvalue weighted by Crippen LogP contribution is -2.32. The lowest BCUT2D eigenvalue weighted by molar-refractivity contribution is -0.140. The number of anilines is 1. The van der Waals surface area contributed by atoms with E-state index in [0.29, 0.717) is 12.1 Å². The largest absolute Gasteiger partial charge is 0.419 e. The molecule has 10 heteroatoms. The second-order valence-electron chi connectivity index (χ2n) is 4.48. The fraction of sp³-hybridized carbons (Fsp3) is 0.154. The lowest BCUT2D eigenvalue weighted by atomic mass is 10.2. The SMILES string of the molecule is O=C(Cn1ccc(=O)[nH]c1=O)Nc1ccc(F)c(C(F)(F)F)c1. The monoisotopic (exact) mass is 331 g/mol. The van der Waals surface area contributed by atoms with Crippen LogP contribution >= 0.6 is 0 Å². The molecule has 23 heavy (non-hydrogen) atoms. The first kappa shape index (κ1) is 16.5. The van der Waals surface area contributed by atoms with Crippen LogP contribution in [0.2, 0.25) is 0 Å². The van der Waals surface area contributed by atoms with Crippen molar-refractivity contribution in [2.45, 2.75) is 12.7 Å². The van der Waals surface area contributed by atoms with E-state index < -0.39 is 41.3 Å². The van der Waals surface area contributed by atoms with Gasteiger partial charge in [-0.25, -0.2) is 9.18 Å². The van der Waals surface area contributed by atoms with Crippen LogP contribution in [0.25, 0.3) is 0 Å². The van der Waals surface area contributed by atoms with Crippen molar-refractivity contribution in [3.05, 3.63) is 62.7 Å². The standard InChI is InChI=1S/C13H9F4N3O3/c14-9-2-1-7(5-8(9)13(15,16)17)18-11(22)6-20-4-3-10(21)19-12(20)23/h1-5H,6H2,(H,18,22)(H,19,21,23). The average Bonchev–Trinajstić information content (AvgIpc) is 2.43. The molecular formula is C13H9F4N3O3. The molecule has 0 aliphatic heterocycles. The second-order valence-corrected chi connectivity index (χ2v) is 4.48. The summed E-state index contributed by atoms with van der Waals surface area (Å²) in [7, 11) is 0. The van der Waals surface area contributed by atoms with Gasteiger partial charge in [0.1, 0.15) is 12.4 Å². The van der Waals surface area contributed by atoms with Crippen molar-refractivity contribution < 1.29 is 22.4 Å². The number of aromatic nitrogens is 2. The minimum atomic E-state index is -4.90. The molecule has 0 spiro atoms. The van der Waals surface area contributed by atoms with Crippen LogP contribution in [-0.4, -0.2) is 15.5 Å². The molecule has 0 saturated carbocycles. The predicted molar refractivity (Wildman–Crippen MR) is 71.4 cm³/mol. The van der Waals surface area contributed by atoms with Gasteiger partial charge in [0, 0.05) is 18.0 Å². The number of carbonyl (C=O) groups is 1. The zero-order chi connectivity index (χ0) is 17.2. The predicted octanol–water partition coefficient (Wildman–Crippen LogP) is 1.33. The quantitative estimate of drug-likeness (QED) is 0.833. The number of hydrogen-bond donors (Lipinski definition) is 2. The molecule has 0 unspecified atom stereocenters. The van der Waals surface area contributed by atoms with E-state index in [4.69, 9.17) is 0 Å². The summed E-state index contributed by atoms with van der Waals surface area (Å²) in [6.45, 7) is -0.533. The number of nitrogens with zero attached hydrogens (tertiary/aromatic N) is 1. The zero-order valence-electron chi connectivity index (χ0n) is 11.3. The molecule has 2 aromatic rings. The summed E-state index contributed by atoms with van der Waals surface area (Å²) in [6, 6.07) is 2.99. The molecule has 1 aromatic carbocycles. The van der Waals surface area contributed by atoms with E-state index in [9.17, 15) is 31.9 Å². The number of H-pyrrole nitrogens is 1. The van der Waals surface area contributed by atoms with E-state index in [1.54, 1.807) is 0 Å². The maximum Gasteiger partial charge on any atom is 0.419 e. The summed E-state index contributed by atoms with van der Waals surface area (Å²) in [5, 5.41) is 2.11. The molecule has 6 nitrogen and oxygen atoms in total. The molecule has 1 heterocycles. The summed E-state index contributed by atoms with van der Waals surface area (Å²) in [5.41, 5.74) is -3.29. The summed E-state index contributed by atoms with van der Waals surface area (Å²) in [4.78, 5) is 35.9. The van der Waals surface area contributed by atoms with Crippen molar-refractivity contribution in [3.63, 3.8) is 0 Å². The number of halogens is 4. The first-order valence-electron chi connectivity index (χ1n) is 6.13. The van der Waals surface area contributed by atoms with Gasteiger partial charge < -0.3 is 5.32 Å². The van der Waals surface area contributed by atoms with Gasteiger partial charge >= 0.3 is 11.9 Å². The van der Waals surface area contributed by atoms with Gasteiger partial charge in [0.15, 0.2) is 0 Å². The second kappa shape index (κ2) is 6.07. The highest BCUT2D eigenvalue weighted by molar-refractivity contribution is 5.90. The fourth-order valence-electron chi connectivity index (χ4n) is 1.74. The van der Waals surface area contributed by atoms with Gasteiger partial charge in [-0.2, -0.15) is 13.2 Å². The Labute approximate surface area is 125 Å². The Morgan fingerprint density at radius 2 is 1.91 bits per heavy atom. The van der Waals surface area contributed by atoms with Crippen molar-refractivity contribution in [1.82, 2.24) is 9.55 Å². The van der Waals surface area contributed by atoms with Crippen LogP contribution in [0, 0.1) is 5.82 Å². The van der Waals surface area contributed by atoms with Gasteiger partial charge in [-0.1, -0.05) is 0 Å². The number of amides is 1. The summed E-state index contributed by atoms with van der Waals surface area (Å²) >= 11 is 0. The van der Waals surface area contributed by atoms with E-state index in [2.05, 4.69) is 5.32 Å². The Kier molecular flexibility index (Phi) is 4.34. The molecule has 0 bridgehead atoms. The number of nitrogens with one attached hydrogen (secondary N) is 2. The van der Waals surface area contributed by atoms with Crippen LogP contribution in [-0.2, 0) is 17.5 Å². The van der Waals surface area contributed by atoms with E-state index >= 15 is 0 Å². The summed E-state index contributed by atoms with van der Waals surface area (Å²) in [5.74, 6) is -2.29. The number of rotatable bonds is 3. The Bertz CT molecular complexity index is 855. The smallest absolute Gasteiger partial charge is 0.325 e. The van der Waals surface area contributed by atoms with Gasteiger partial charge in [0.2, 0.25) is 5.91 Å². The first-order chi connectivity index (χ1) is 10.7. The molecule has 1 amide bonds. The van der Waals surface area contributed by atoms with Crippen LogP contribution in [0.4, 0.5) is 23.2 Å². The zero-order valence-corrected chi connectivity index (χ0v) is 11.3. The van der Waals surface area contributed by atoms with Crippen molar-refractivity contribution in [2.24, 2.45) is 0 Å². The van der Waals surface area contributed by atoms with Gasteiger partial charge in [-0.15, -0.1) is 0 Å². The number of alkyl halides is 3. The van der Waals surface area contributed by atoms with Gasteiger partial charge in [0.05, 0.1) is 5.56 Å². The highest BCUT2D eigenvalue weighted by Crippen LogP contribution is 2.32. The minimum Gasteiger partial charge on any atom is -0.325 e. The molecule has 1 aromatic heterocycles. The van der Waals surface area contributed by atoms with Crippen molar-refractivity contribution in [1.29, 1.82) is 0 Å². The van der Waals surface area contributed by atoms with E-state index in [0.717, 1.165) is 22.9 Å². The molecule has 0 aliphatic rings. The lowest BCUT2D eigenvalue weighted by Gasteiger charge is -2.11. The third-order valence-corrected chi connectivity index (χ3v) is 2.77. The molecule has 0 saturated heterocycles. The molecule has 122 valence electrons. The molecule has 2 rings (SSSR count).